The van der Waals surface area contributed by atoms with E-state index in [1.807, 2.05) is 0 Å². The number of hydrogen-bond acceptors (Lipinski definition) is 2. The monoisotopic (exact) mass is 444 g/mol. The first-order chi connectivity index (χ1) is 16.2. The molecule has 2 nitrogen and oxygen atoms in total. The van der Waals surface area contributed by atoms with Crippen LogP contribution in [0, 0.1) is 0 Å². The normalized spacial score (nSPS) is 11.0. The van der Waals surface area contributed by atoms with Crippen LogP contribution >= 0.6 is 0 Å². The first kappa shape index (κ1) is 25.1. The van der Waals surface area contributed by atoms with E-state index in [9.17, 15) is 0 Å². The van der Waals surface area contributed by atoms with Crippen molar-refractivity contribution in [1.82, 2.24) is 0 Å². The Kier molecular flexibility index (Phi) is 10.0. The minimum atomic E-state index is 0.275. The molecule has 0 saturated carbocycles. The molecule has 0 spiro atoms. The van der Waals surface area contributed by atoms with E-state index < -0.39 is 0 Å². The van der Waals surface area contributed by atoms with Gasteiger partial charge >= 0.3 is 0 Å². The van der Waals surface area contributed by atoms with Gasteiger partial charge in [0.1, 0.15) is 12.4 Å². The van der Waals surface area contributed by atoms with Crippen molar-refractivity contribution in [3.63, 3.8) is 0 Å². The van der Waals surface area contributed by atoms with Crippen LogP contribution in [0.5, 0.6) is 5.75 Å². The van der Waals surface area contributed by atoms with Crippen LogP contribution in [0.1, 0.15) is 74.3 Å². The molecular formula is C31H40O2. The number of aryl methyl sites for hydroxylation is 4. The van der Waals surface area contributed by atoms with Gasteiger partial charge in [-0.3, -0.25) is 0 Å². The van der Waals surface area contributed by atoms with E-state index in [2.05, 4.69) is 81.4 Å². The third-order valence-corrected chi connectivity index (χ3v) is 6.42. The summed E-state index contributed by atoms with van der Waals surface area (Å²) < 4.78 is 6.16. The molecule has 0 aliphatic heterocycles. The zero-order chi connectivity index (χ0) is 23.5. The molecule has 0 aliphatic carbocycles. The number of hydrogen-bond donors (Lipinski definition) is 1. The number of unbranched alkanes of at least 4 members (excludes halogenated alkanes) is 2. The first-order valence-corrected chi connectivity index (χ1v) is 12.7. The summed E-state index contributed by atoms with van der Waals surface area (Å²) in [4.78, 5) is 0. The largest absolute Gasteiger partial charge is 0.489 e. The van der Waals surface area contributed by atoms with Crippen LogP contribution in [0.3, 0.4) is 0 Å². The van der Waals surface area contributed by atoms with Gasteiger partial charge in [0.2, 0.25) is 0 Å². The van der Waals surface area contributed by atoms with Gasteiger partial charge in [-0.1, -0.05) is 75.7 Å². The van der Waals surface area contributed by atoms with Crippen LogP contribution in [-0.2, 0) is 32.3 Å². The highest BCUT2D eigenvalue weighted by molar-refractivity contribution is 5.72. The Bertz CT molecular complexity index is 988. The van der Waals surface area contributed by atoms with Gasteiger partial charge in [-0.05, 0) is 96.0 Å². The van der Waals surface area contributed by atoms with Crippen molar-refractivity contribution >= 4 is 0 Å². The lowest BCUT2D eigenvalue weighted by Crippen LogP contribution is -1.99. The second kappa shape index (κ2) is 13.2. The zero-order valence-corrected chi connectivity index (χ0v) is 20.7. The van der Waals surface area contributed by atoms with Crippen molar-refractivity contribution in [2.75, 3.05) is 6.61 Å². The second-order valence-corrected chi connectivity index (χ2v) is 8.91. The van der Waals surface area contributed by atoms with E-state index in [0.717, 1.165) is 44.3 Å². The highest BCUT2D eigenvalue weighted by atomic mass is 16.5. The minimum Gasteiger partial charge on any atom is -0.489 e. The van der Waals surface area contributed by atoms with E-state index in [1.54, 1.807) is 0 Å². The average molecular weight is 445 g/mol. The third kappa shape index (κ3) is 7.20. The van der Waals surface area contributed by atoms with Crippen LogP contribution < -0.4 is 4.74 Å². The van der Waals surface area contributed by atoms with E-state index >= 15 is 0 Å². The SMILES string of the molecule is CCCCc1ccc(COc2ccc(-c3ccc(CCCCO)cc3CC)c(CC)c2)cc1. The molecule has 1 N–H and O–H groups in total. The van der Waals surface area contributed by atoms with E-state index in [4.69, 9.17) is 9.84 Å². The summed E-state index contributed by atoms with van der Waals surface area (Å²) >= 11 is 0. The maximum Gasteiger partial charge on any atom is 0.120 e. The molecule has 3 aromatic rings. The van der Waals surface area contributed by atoms with Gasteiger partial charge < -0.3 is 9.84 Å². The molecule has 0 unspecified atom stereocenters. The predicted octanol–water partition coefficient (Wildman–Crippen LogP) is 7.72. The van der Waals surface area contributed by atoms with E-state index in [1.165, 1.54) is 51.8 Å². The predicted molar refractivity (Wildman–Crippen MR) is 140 cm³/mol. The fourth-order valence-corrected chi connectivity index (χ4v) is 4.36. The van der Waals surface area contributed by atoms with E-state index in [-0.39, 0.29) is 6.61 Å². The van der Waals surface area contributed by atoms with Crippen molar-refractivity contribution in [1.29, 1.82) is 0 Å². The first-order valence-electron chi connectivity index (χ1n) is 12.7. The van der Waals surface area contributed by atoms with Crippen LogP contribution in [-0.4, -0.2) is 11.7 Å². The second-order valence-electron chi connectivity index (χ2n) is 8.91. The van der Waals surface area contributed by atoms with Gasteiger partial charge in [-0.15, -0.1) is 0 Å². The van der Waals surface area contributed by atoms with Gasteiger partial charge in [-0.25, -0.2) is 0 Å². The average Bonchev–Trinajstić information content (AvgIpc) is 2.86. The van der Waals surface area contributed by atoms with Gasteiger partial charge in [0, 0.05) is 6.61 Å². The summed E-state index contributed by atoms with van der Waals surface area (Å²) in [5.41, 5.74) is 9.33. The molecule has 0 fully saturated rings. The highest BCUT2D eigenvalue weighted by Crippen LogP contribution is 2.32. The maximum absolute atomic E-state index is 9.05. The molecule has 0 radical (unpaired) electrons. The van der Waals surface area contributed by atoms with Crippen molar-refractivity contribution < 1.29 is 9.84 Å². The highest BCUT2D eigenvalue weighted by Gasteiger charge is 2.11. The summed E-state index contributed by atoms with van der Waals surface area (Å²) in [5, 5.41) is 9.05. The lowest BCUT2D eigenvalue weighted by atomic mass is 9.91. The Balaban J connectivity index is 1.71. The zero-order valence-electron chi connectivity index (χ0n) is 20.7. The maximum atomic E-state index is 9.05. The molecule has 0 aliphatic rings. The van der Waals surface area contributed by atoms with Crippen LogP contribution in [0.15, 0.2) is 60.7 Å². The van der Waals surface area contributed by atoms with Gasteiger partial charge in [0.05, 0.1) is 0 Å². The van der Waals surface area contributed by atoms with Crippen molar-refractivity contribution in [2.24, 2.45) is 0 Å². The number of rotatable bonds is 13. The number of ether oxygens (including phenoxy) is 1. The molecule has 3 rings (SSSR count). The summed E-state index contributed by atoms with van der Waals surface area (Å²) in [6, 6.07) is 22.3. The molecule has 33 heavy (non-hydrogen) atoms. The molecule has 0 bridgehead atoms. The van der Waals surface area contributed by atoms with Crippen molar-refractivity contribution in [2.45, 2.75) is 78.7 Å². The summed E-state index contributed by atoms with van der Waals surface area (Å²) in [5.74, 6) is 0.935. The lowest BCUT2D eigenvalue weighted by molar-refractivity contribution is 0.284. The standard InChI is InChI=1S/C31H40O2/c1-4-7-10-24-12-14-26(15-13-24)23-33-29-17-19-31(28(6-3)22-29)30-18-16-25(11-8-9-20-32)21-27(30)5-2/h12-19,21-22,32H,4-11,20,23H2,1-3H3. The third-order valence-electron chi connectivity index (χ3n) is 6.42. The minimum absolute atomic E-state index is 0.275. The fraction of sp³-hybridized carbons (Fsp3) is 0.419. The Morgan fingerprint density at radius 2 is 1.24 bits per heavy atom. The Hall–Kier alpha value is -2.58. The smallest absolute Gasteiger partial charge is 0.120 e. The Labute approximate surface area is 200 Å². The topological polar surface area (TPSA) is 29.5 Å². The van der Waals surface area contributed by atoms with Crippen molar-refractivity contribution in [3.8, 4) is 16.9 Å². The number of aliphatic hydroxyl groups excluding tert-OH is 1. The molecule has 3 aromatic carbocycles. The molecule has 176 valence electrons. The Morgan fingerprint density at radius 1 is 0.636 bits per heavy atom. The van der Waals surface area contributed by atoms with Crippen LogP contribution in [0.25, 0.3) is 11.1 Å². The number of benzene rings is 3. The van der Waals surface area contributed by atoms with Crippen LogP contribution in [0.4, 0.5) is 0 Å². The number of aliphatic hydroxyl groups is 1. The van der Waals surface area contributed by atoms with Crippen molar-refractivity contribution in [3.05, 3.63) is 88.5 Å². The summed E-state index contributed by atoms with van der Waals surface area (Å²) in [7, 11) is 0. The summed E-state index contributed by atoms with van der Waals surface area (Å²) in [6.45, 7) is 7.55. The molecule has 2 heteroatoms. The fourth-order valence-electron chi connectivity index (χ4n) is 4.36. The molecular weight excluding hydrogens is 404 g/mol. The molecule has 0 aromatic heterocycles. The molecule has 0 saturated heterocycles. The summed E-state index contributed by atoms with van der Waals surface area (Å²) in [6.07, 6.45) is 8.55. The van der Waals surface area contributed by atoms with E-state index in [0.29, 0.717) is 6.61 Å². The molecule has 0 atom stereocenters. The van der Waals surface area contributed by atoms with Crippen LogP contribution in [0.2, 0.25) is 0 Å². The Morgan fingerprint density at radius 3 is 1.91 bits per heavy atom. The molecule has 0 amide bonds. The quantitative estimate of drug-likeness (QED) is 0.273. The molecule has 0 heterocycles. The van der Waals surface area contributed by atoms with Gasteiger partial charge in [-0.2, -0.15) is 0 Å². The van der Waals surface area contributed by atoms with Gasteiger partial charge in [0.25, 0.3) is 0 Å². The lowest BCUT2D eigenvalue weighted by Gasteiger charge is -2.16. The van der Waals surface area contributed by atoms with Gasteiger partial charge in [0.15, 0.2) is 0 Å².